The van der Waals surface area contributed by atoms with Crippen molar-refractivity contribution >= 4 is 17.3 Å². The number of nitrogens with zero attached hydrogens (tertiary/aromatic N) is 1. The highest BCUT2D eigenvalue weighted by Gasteiger charge is 2.12. The second-order valence-corrected chi connectivity index (χ2v) is 5.78. The first-order chi connectivity index (χ1) is 9.52. The van der Waals surface area contributed by atoms with Gasteiger partial charge in [-0.15, -0.1) is 0 Å². The van der Waals surface area contributed by atoms with Crippen molar-refractivity contribution in [3.8, 4) is 0 Å². The highest BCUT2D eigenvalue weighted by Crippen LogP contribution is 2.15. The number of hydrogen-bond donors (Lipinski definition) is 0. The van der Waals surface area contributed by atoms with Gasteiger partial charge >= 0.3 is 10.8 Å². The zero-order valence-corrected chi connectivity index (χ0v) is 12.6. The molecule has 0 aliphatic carbocycles. The smallest absolute Gasteiger partial charge is 0.309 e. The van der Waals surface area contributed by atoms with Gasteiger partial charge in [-0.25, -0.2) is 0 Å². The van der Waals surface area contributed by atoms with Crippen LogP contribution in [0.2, 0.25) is 0 Å². The fourth-order valence-electron chi connectivity index (χ4n) is 2.05. The summed E-state index contributed by atoms with van der Waals surface area (Å²) >= 11 is 1.26. The Morgan fingerprint density at radius 1 is 1.25 bits per heavy atom. The Balaban J connectivity index is 2.34. The summed E-state index contributed by atoms with van der Waals surface area (Å²) in [6.45, 7) is 4.37. The van der Waals surface area contributed by atoms with Gasteiger partial charge in [-0.05, 0) is 25.0 Å². The highest BCUT2D eigenvalue weighted by atomic mass is 32.1. The van der Waals surface area contributed by atoms with Crippen molar-refractivity contribution in [2.75, 3.05) is 7.11 Å². The van der Waals surface area contributed by atoms with Crippen LogP contribution in [0.25, 0.3) is 0 Å². The van der Waals surface area contributed by atoms with Crippen LogP contribution in [0.15, 0.2) is 29.1 Å². The van der Waals surface area contributed by atoms with E-state index in [1.54, 1.807) is 4.57 Å². The SMILES string of the molecule is COC(=O)Cc1ccccc1Cn1c(C)c(C)sc1=O. The Kier molecular flexibility index (Phi) is 4.39. The minimum absolute atomic E-state index is 0.0351. The molecule has 106 valence electrons. The molecule has 0 amide bonds. The van der Waals surface area contributed by atoms with Crippen molar-refractivity contribution in [1.82, 2.24) is 4.57 Å². The van der Waals surface area contributed by atoms with Crippen LogP contribution < -0.4 is 4.87 Å². The predicted octanol–water partition coefficient (Wildman–Crippen LogP) is 2.29. The van der Waals surface area contributed by atoms with E-state index < -0.39 is 0 Å². The fraction of sp³-hybridized carbons (Fsp3) is 0.333. The molecule has 0 bridgehead atoms. The third-order valence-electron chi connectivity index (χ3n) is 3.38. The van der Waals surface area contributed by atoms with E-state index in [9.17, 15) is 9.59 Å². The first kappa shape index (κ1) is 14.5. The Hall–Kier alpha value is -1.88. The highest BCUT2D eigenvalue weighted by molar-refractivity contribution is 7.09. The first-order valence-corrected chi connectivity index (χ1v) is 7.15. The number of esters is 1. The molecule has 2 aromatic rings. The van der Waals surface area contributed by atoms with Crippen molar-refractivity contribution in [2.24, 2.45) is 0 Å². The molecule has 0 saturated heterocycles. The van der Waals surface area contributed by atoms with Crippen molar-refractivity contribution in [2.45, 2.75) is 26.8 Å². The quantitative estimate of drug-likeness (QED) is 0.812. The minimum atomic E-state index is -0.275. The molecule has 0 aliphatic rings. The van der Waals surface area contributed by atoms with E-state index in [1.165, 1.54) is 18.4 Å². The standard InChI is InChI=1S/C15H17NO3S/c1-10-11(2)20-15(18)16(10)9-13-7-5-4-6-12(13)8-14(17)19-3/h4-7H,8-9H2,1-3H3. The van der Waals surface area contributed by atoms with E-state index >= 15 is 0 Å². The monoisotopic (exact) mass is 291 g/mol. The molecule has 0 saturated carbocycles. The molecule has 0 aliphatic heterocycles. The first-order valence-electron chi connectivity index (χ1n) is 6.33. The van der Waals surface area contributed by atoms with E-state index in [2.05, 4.69) is 0 Å². The molecule has 1 aromatic heterocycles. The predicted molar refractivity (Wildman–Crippen MR) is 79.3 cm³/mol. The number of methoxy groups -OCH3 is 1. The molecule has 0 radical (unpaired) electrons. The van der Waals surface area contributed by atoms with Gasteiger partial charge in [-0.3, -0.25) is 14.2 Å². The van der Waals surface area contributed by atoms with Crippen LogP contribution in [-0.2, 0) is 22.5 Å². The lowest BCUT2D eigenvalue weighted by Crippen LogP contribution is -2.17. The van der Waals surface area contributed by atoms with Gasteiger partial charge in [0.15, 0.2) is 0 Å². The number of hydrogen-bond acceptors (Lipinski definition) is 4. The largest absolute Gasteiger partial charge is 0.469 e. The van der Waals surface area contributed by atoms with E-state index in [-0.39, 0.29) is 17.3 Å². The Morgan fingerprint density at radius 3 is 2.45 bits per heavy atom. The maximum atomic E-state index is 11.9. The van der Waals surface area contributed by atoms with E-state index in [1.807, 2.05) is 38.1 Å². The number of aryl methyl sites for hydroxylation is 1. The van der Waals surface area contributed by atoms with E-state index in [0.29, 0.717) is 6.54 Å². The molecule has 0 spiro atoms. The van der Waals surface area contributed by atoms with Crippen LogP contribution in [0.4, 0.5) is 0 Å². The summed E-state index contributed by atoms with van der Waals surface area (Å²) in [5, 5.41) is 0. The number of ether oxygens (including phenoxy) is 1. The molecule has 1 heterocycles. The maximum absolute atomic E-state index is 11.9. The summed E-state index contributed by atoms with van der Waals surface area (Å²) < 4.78 is 6.45. The van der Waals surface area contributed by atoms with Crippen molar-refractivity contribution in [3.05, 3.63) is 55.6 Å². The zero-order valence-electron chi connectivity index (χ0n) is 11.8. The molecular formula is C15H17NO3S. The maximum Gasteiger partial charge on any atom is 0.309 e. The van der Waals surface area contributed by atoms with Gasteiger partial charge in [-0.2, -0.15) is 0 Å². The lowest BCUT2D eigenvalue weighted by atomic mass is 10.0. The summed E-state index contributed by atoms with van der Waals surface area (Å²) in [5.41, 5.74) is 2.85. The van der Waals surface area contributed by atoms with Crippen LogP contribution in [0.5, 0.6) is 0 Å². The van der Waals surface area contributed by atoms with Gasteiger partial charge in [0.05, 0.1) is 20.1 Å². The van der Waals surface area contributed by atoms with Crippen molar-refractivity contribution in [1.29, 1.82) is 0 Å². The minimum Gasteiger partial charge on any atom is -0.469 e. The van der Waals surface area contributed by atoms with E-state index in [0.717, 1.165) is 21.7 Å². The third-order valence-corrected chi connectivity index (χ3v) is 4.38. The zero-order chi connectivity index (χ0) is 14.7. The summed E-state index contributed by atoms with van der Waals surface area (Å²) in [5.74, 6) is -0.275. The lowest BCUT2D eigenvalue weighted by molar-refractivity contribution is -0.139. The van der Waals surface area contributed by atoms with Gasteiger partial charge in [0.1, 0.15) is 0 Å². The second-order valence-electron chi connectivity index (χ2n) is 4.62. The average molecular weight is 291 g/mol. The molecule has 0 unspecified atom stereocenters. The summed E-state index contributed by atoms with van der Waals surface area (Å²) in [7, 11) is 1.38. The molecule has 2 rings (SSSR count). The molecular weight excluding hydrogens is 274 g/mol. The molecule has 20 heavy (non-hydrogen) atoms. The lowest BCUT2D eigenvalue weighted by Gasteiger charge is -2.10. The van der Waals surface area contributed by atoms with Gasteiger partial charge in [0.2, 0.25) is 0 Å². The number of thiazole rings is 1. The molecule has 1 aromatic carbocycles. The van der Waals surface area contributed by atoms with Crippen LogP contribution in [0.1, 0.15) is 21.7 Å². The third kappa shape index (κ3) is 2.99. The van der Waals surface area contributed by atoms with Crippen LogP contribution >= 0.6 is 11.3 Å². The normalized spacial score (nSPS) is 10.6. The van der Waals surface area contributed by atoms with E-state index in [4.69, 9.17) is 4.74 Å². The topological polar surface area (TPSA) is 48.3 Å². The Labute approximate surface area is 121 Å². The van der Waals surface area contributed by atoms with Gasteiger partial charge in [0.25, 0.3) is 0 Å². The fourth-order valence-corrected chi connectivity index (χ4v) is 2.88. The van der Waals surface area contributed by atoms with Crippen molar-refractivity contribution < 1.29 is 9.53 Å². The van der Waals surface area contributed by atoms with Crippen LogP contribution in [0, 0.1) is 13.8 Å². The number of rotatable bonds is 4. The second kappa shape index (κ2) is 6.05. The number of carbonyl (C=O) groups excluding carboxylic acids is 1. The summed E-state index contributed by atoms with van der Waals surface area (Å²) in [6.07, 6.45) is 0.226. The molecule has 0 atom stereocenters. The number of aromatic nitrogens is 1. The van der Waals surface area contributed by atoms with Crippen LogP contribution in [0.3, 0.4) is 0 Å². The molecule has 5 heteroatoms. The number of benzene rings is 1. The summed E-state index contributed by atoms with van der Waals surface area (Å²) in [6, 6.07) is 7.63. The van der Waals surface area contributed by atoms with Gasteiger partial charge in [0, 0.05) is 10.6 Å². The van der Waals surface area contributed by atoms with Crippen molar-refractivity contribution in [3.63, 3.8) is 0 Å². The molecule has 4 nitrogen and oxygen atoms in total. The average Bonchev–Trinajstić information content (AvgIpc) is 2.67. The Morgan fingerprint density at radius 2 is 1.90 bits per heavy atom. The Bertz CT molecular complexity index is 685. The van der Waals surface area contributed by atoms with Crippen LogP contribution in [-0.4, -0.2) is 17.6 Å². The summed E-state index contributed by atoms with van der Waals surface area (Å²) in [4.78, 5) is 24.4. The van der Waals surface area contributed by atoms with Gasteiger partial charge in [-0.1, -0.05) is 35.6 Å². The molecule has 0 fully saturated rings. The number of carbonyl (C=O) groups is 1. The molecule has 0 N–H and O–H groups in total. The van der Waals surface area contributed by atoms with Gasteiger partial charge < -0.3 is 4.74 Å².